The highest BCUT2D eigenvalue weighted by Crippen LogP contribution is 2.25. The maximum atomic E-state index is 12.1. The molecule has 108 valence electrons. The standard InChI is InChI=1S/C13H9ClN2O3S2/c14-10-3-1-2-9(6-10)11-7-16-12(19-11)8-21(17,18)13-15-4-5-20-13/h1-7H,8H2. The maximum Gasteiger partial charge on any atom is 0.214 e. The first-order valence-electron chi connectivity index (χ1n) is 5.87. The summed E-state index contributed by atoms with van der Waals surface area (Å²) in [6.07, 6.45) is 2.93. The predicted molar refractivity (Wildman–Crippen MR) is 80.0 cm³/mol. The lowest BCUT2D eigenvalue weighted by atomic mass is 10.2. The molecule has 0 saturated heterocycles. The molecule has 0 aliphatic heterocycles. The van der Waals surface area contributed by atoms with Crippen LogP contribution in [-0.4, -0.2) is 18.4 Å². The predicted octanol–water partition coefficient (Wildman–Crippen LogP) is 3.43. The van der Waals surface area contributed by atoms with Crippen molar-refractivity contribution < 1.29 is 12.8 Å². The molecule has 8 heteroatoms. The second kappa shape index (κ2) is 5.59. The normalized spacial score (nSPS) is 11.7. The van der Waals surface area contributed by atoms with E-state index < -0.39 is 9.84 Å². The second-order valence-electron chi connectivity index (χ2n) is 4.19. The van der Waals surface area contributed by atoms with Gasteiger partial charge >= 0.3 is 0 Å². The van der Waals surface area contributed by atoms with Crippen LogP contribution in [0.25, 0.3) is 11.3 Å². The third kappa shape index (κ3) is 3.15. The van der Waals surface area contributed by atoms with Crippen molar-refractivity contribution in [2.45, 2.75) is 10.1 Å². The molecule has 3 rings (SSSR count). The largest absolute Gasteiger partial charge is 0.440 e. The molecule has 2 aromatic heterocycles. The Kier molecular flexibility index (Phi) is 3.79. The topological polar surface area (TPSA) is 73.1 Å². The Labute approximate surface area is 130 Å². The van der Waals surface area contributed by atoms with E-state index >= 15 is 0 Å². The minimum absolute atomic E-state index is 0.0602. The van der Waals surface area contributed by atoms with Gasteiger partial charge in [0.25, 0.3) is 0 Å². The Morgan fingerprint density at radius 3 is 2.86 bits per heavy atom. The molecule has 0 amide bonds. The van der Waals surface area contributed by atoms with Crippen molar-refractivity contribution in [2.75, 3.05) is 0 Å². The summed E-state index contributed by atoms with van der Waals surface area (Å²) in [7, 11) is -3.52. The third-order valence-corrected chi connectivity index (χ3v) is 5.77. The van der Waals surface area contributed by atoms with Gasteiger partial charge in [0.1, 0.15) is 5.75 Å². The molecule has 0 fully saturated rings. The maximum absolute atomic E-state index is 12.1. The van der Waals surface area contributed by atoms with Crippen molar-refractivity contribution in [1.82, 2.24) is 9.97 Å². The summed E-state index contributed by atoms with van der Waals surface area (Å²) in [5, 5.41) is 2.18. The van der Waals surface area contributed by atoms with Crippen LogP contribution in [0, 0.1) is 0 Å². The lowest BCUT2D eigenvalue weighted by Gasteiger charge is -1.98. The first kappa shape index (κ1) is 14.2. The smallest absolute Gasteiger partial charge is 0.214 e. The second-order valence-corrected chi connectivity index (χ2v) is 7.68. The fourth-order valence-electron chi connectivity index (χ4n) is 1.74. The van der Waals surface area contributed by atoms with Crippen LogP contribution >= 0.6 is 22.9 Å². The van der Waals surface area contributed by atoms with Crippen LogP contribution in [-0.2, 0) is 15.6 Å². The average molecular weight is 341 g/mol. The van der Waals surface area contributed by atoms with Gasteiger partial charge in [0.15, 0.2) is 5.76 Å². The molecule has 0 atom stereocenters. The van der Waals surface area contributed by atoms with E-state index in [9.17, 15) is 8.42 Å². The highest BCUT2D eigenvalue weighted by atomic mass is 35.5. The van der Waals surface area contributed by atoms with E-state index in [1.54, 1.807) is 23.6 Å². The van der Waals surface area contributed by atoms with Crippen LogP contribution in [0.3, 0.4) is 0 Å². The number of hydrogen-bond donors (Lipinski definition) is 0. The SMILES string of the molecule is O=S(=O)(Cc1ncc(-c2cccc(Cl)c2)o1)c1nccs1. The zero-order valence-corrected chi connectivity index (χ0v) is 13.0. The molecule has 0 radical (unpaired) electrons. The zero-order chi connectivity index (χ0) is 14.9. The molecule has 0 N–H and O–H groups in total. The summed E-state index contributed by atoms with van der Waals surface area (Å²) in [5.41, 5.74) is 0.743. The number of benzene rings is 1. The van der Waals surface area contributed by atoms with E-state index in [0.717, 1.165) is 16.9 Å². The van der Waals surface area contributed by atoms with Gasteiger partial charge in [0.05, 0.1) is 6.20 Å². The van der Waals surface area contributed by atoms with E-state index in [0.29, 0.717) is 10.8 Å². The van der Waals surface area contributed by atoms with E-state index in [1.807, 2.05) is 6.07 Å². The van der Waals surface area contributed by atoms with Gasteiger partial charge in [-0.1, -0.05) is 23.7 Å². The molecule has 0 bridgehead atoms. The number of hydrogen-bond acceptors (Lipinski definition) is 6. The van der Waals surface area contributed by atoms with Crippen molar-refractivity contribution in [3.63, 3.8) is 0 Å². The summed E-state index contributed by atoms with van der Waals surface area (Å²) in [6.45, 7) is 0. The molecule has 0 spiro atoms. The molecule has 0 unspecified atom stereocenters. The molecule has 5 nitrogen and oxygen atoms in total. The average Bonchev–Trinajstić information content (AvgIpc) is 3.09. The minimum Gasteiger partial charge on any atom is -0.440 e. The molecule has 21 heavy (non-hydrogen) atoms. The summed E-state index contributed by atoms with van der Waals surface area (Å²) < 4.78 is 29.7. The van der Waals surface area contributed by atoms with Crippen LogP contribution in [0.1, 0.15) is 5.89 Å². The molecule has 0 aliphatic carbocycles. The van der Waals surface area contributed by atoms with Crippen LogP contribution in [0.2, 0.25) is 5.02 Å². The van der Waals surface area contributed by atoms with E-state index in [4.69, 9.17) is 16.0 Å². The molecule has 0 saturated carbocycles. The van der Waals surface area contributed by atoms with Gasteiger partial charge < -0.3 is 4.42 Å². The molecular weight excluding hydrogens is 332 g/mol. The lowest BCUT2D eigenvalue weighted by molar-refractivity contribution is 0.519. The van der Waals surface area contributed by atoms with Gasteiger partial charge in [-0.25, -0.2) is 18.4 Å². The van der Waals surface area contributed by atoms with E-state index in [-0.39, 0.29) is 16.0 Å². The highest BCUT2D eigenvalue weighted by Gasteiger charge is 2.21. The van der Waals surface area contributed by atoms with Crippen molar-refractivity contribution in [3.05, 3.63) is 53.0 Å². The Balaban J connectivity index is 1.86. The summed E-state index contributed by atoms with van der Waals surface area (Å²) in [6, 6.07) is 7.06. The molecule has 2 heterocycles. The van der Waals surface area contributed by atoms with Crippen LogP contribution in [0.5, 0.6) is 0 Å². The van der Waals surface area contributed by atoms with Crippen molar-refractivity contribution in [2.24, 2.45) is 0 Å². The Hall–Kier alpha value is -1.70. The quantitative estimate of drug-likeness (QED) is 0.727. The fourth-order valence-corrected chi connectivity index (χ4v) is 4.02. The first-order valence-corrected chi connectivity index (χ1v) is 8.78. The van der Waals surface area contributed by atoms with Gasteiger partial charge in [-0.15, -0.1) is 11.3 Å². The zero-order valence-electron chi connectivity index (χ0n) is 10.6. The van der Waals surface area contributed by atoms with E-state index in [2.05, 4.69) is 9.97 Å². The molecular formula is C13H9ClN2O3S2. The number of halogens is 1. The monoisotopic (exact) mass is 340 g/mol. The van der Waals surface area contributed by atoms with E-state index in [1.165, 1.54) is 12.4 Å². The van der Waals surface area contributed by atoms with Crippen molar-refractivity contribution >= 4 is 32.8 Å². The number of sulfone groups is 1. The number of aromatic nitrogens is 2. The Morgan fingerprint density at radius 1 is 1.29 bits per heavy atom. The van der Waals surface area contributed by atoms with Crippen molar-refractivity contribution in [1.29, 1.82) is 0 Å². The highest BCUT2D eigenvalue weighted by molar-refractivity contribution is 7.92. The van der Waals surface area contributed by atoms with Crippen molar-refractivity contribution in [3.8, 4) is 11.3 Å². The first-order chi connectivity index (χ1) is 10.0. The number of oxazole rings is 1. The van der Waals surface area contributed by atoms with Gasteiger partial charge in [0, 0.05) is 22.2 Å². The summed E-state index contributed by atoms with van der Waals surface area (Å²) in [5.74, 6) is 0.281. The van der Waals surface area contributed by atoms with Crippen LogP contribution in [0.4, 0.5) is 0 Å². The number of rotatable bonds is 4. The Bertz CT molecular complexity index is 857. The van der Waals surface area contributed by atoms with Gasteiger partial charge in [-0.2, -0.15) is 0 Å². The number of thiazole rings is 1. The molecule has 3 aromatic rings. The fraction of sp³-hybridized carbons (Fsp3) is 0.0769. The third-order valence-electron chi connectivity index (χ3n) is 2.65. The number of nitrogens with zero attached hydrogens (tertiary/aromatic N) is 2. The Morgan fingerprint density at radius 2 is 2.14 bits per heavy atom. The van der Waals surface area contributed by atoms with Gasteiger partial charge in [-0.3, -0.25) is 0 Å². The van der Waals surface area contributed by atoms with Gasteiger partial charge in [-0.05, 0) is 12.1 Å². The van der Waals surface area contributed by atoms with Crippen LogP contribution in [0.15, 0.2) is 50.8 Å². The van der Waals surface area contributed by atoms with Gasteiger partial charge in [0.2, 0.25) is 20.1 Å². The minimum atomic E-state index is -3.52. The molecule has 0 aliphatic rings. The molecule has 1 aromatic carbocycles. The summed E-state index contributed by atoms with van der Waals surface area (Å²) in [4.78, 5) is 7.81. The van der Waals surface area contributed by atoms with Crippen LogP contribution < -0.4 is 0 Å². The summed E-state index contributed by atoms with van der Waals surface area (Å²) >= 11 is 6.98. The lowest BCUT2D eigenvalue weighted by Crippen LogP contribution is -2.04.